The van der Waals surface area contributed by atoms with Crippen molar-refractivity contribution in [3.63, 3.8) is 0 Å². The molecule has 0 aliphatic heterocycles. The molecule has 4 N–H and O–H groups in total. The average molecular weight is 261 g/mol. The minimum absolute atomic E-state index is 0.0870. The van der Waals surface area contributed by atoms with Gasteiger partial charge in [-0.2, -0.15) is 4.98 Å². The number of imidazole rings is 1. The van der Waals surface area contributed by atoms with Crippen molar-refractivity contribution in [2.75, 3.05) is 12.3 Å². The van der Waals surface area contributed by atoms with Crippen molar-refractivity contribution >= 4 is 17.1 Å². The van der Waals surface area contributed by atoms with Crippen LogP contribution in [0, 0.1) is 5.92 Å². The molecule has 0 saturated carbocycles. The molecule has 0 spiro atoms. The summed E-state index contributed by atoms with van der Waals surface area (Å²) in [5.41, 5.74) is 6.05. The Morgan fingerprint density at radius 3 is 3.21 bits per heavy atom. The summed E-state index contributed by atoms with van der Waals surface area (Å²) in [4.78, 5) is 22.4. The Hall–Kier alpha value is -2.15. The van der Waals surface area contributed by atoms with Crippen LogP contribution in [0.5, 0.6) is 0 Å². The maximum Gasteiger partial charge on any atom is 0.280 e. The summed E-state index contributed by atoms with van der Waals surface area (Å²) in [6.45, 7) is 0.133. The first-order valence-corrected chi connectivity index (χ1v) is 6.20. The average Bonchev–Trinajstić information content (AvgIpc) is 2.95. The van der Waals surface area contributed by atoms with Gasteiger partial charge in [0.2, 0.25) is 5.95 Å². The molecular weight excluding hydrogens is 246 g/mol. The second-order valence-electron chi connectivity index (χ2n) is 4.68. The first kappa shape index (κ1) is 11.9. The predicted molar refractivity (Wildman–Crippen MR) is 70.5 cm³/mol. The van der Waals surface area contributed by atoms with Crippen molar-refractivity contribution in [1.29, 1.82) is 0 Å². The number of H-pyrrole nitrogens is 1. The van der Waals surface area contributed by atoms with Crippen molar-refractivity contribution in [3.05, 3.63) is 28.8 Å². The Morgan fingerprint density at radius 2 is 2.42 bits per heavy atom. The summed E-state index contributed by atoms with van der Waals surface area (Å²) in [7, 11) is 0. The lowest BCUT2D eigenvalue weighted by Gasteiger charge is -2.20. The fourth-order valence-electron chi connectivity index (χ4n) is 2.64. The van der Waals surface area contributed by atoms with Gasteiger partial charge >= 0.3 is 0 Å². The predicted octanol–water partition coefficient (Wildman–Crippen LogP) is 0.201. The SMILES string of the molecule is Nc1nc2c(ncn2[C@H]2CC=C[C@H]2CCO)c(=O)[nH]1. The van der Waals surface area contributed by atoms with E-state index >= 15 is 0 Å². The van der Waals surface area contributed by atoms with Crippen LogP contribution < -0.4 is 11.3 Å². The van der Waals surface area contributed by atoms with Crippen LogP contribution >= 0.6 is 0 Å². The van der Waals surface area contributed by atoms with Gasteiger partial charge < -0.3 is 15.4 Å². The zero-order chi connectivity index (χ0) is 13.4. The highest BCUT2D eigenvalue weighted by Crippen LogP contribution is 2.33. The van der Waals surface area contributed by atoms with Crippen molar-refractivity contribution in [3.8, 4) is 0 Å². The number of hydrogen-bond donors (Lipinski definition) is 3. The summed E-state index contributed by atoms with van der Waals surface area (Å²) < 4.78 is 1.88. The molecule has 1 aliphatic rings. The van der Waals surface area contributed by atoms with Gasteiger partial charge in [0.05, 0.1) is 6.33 Å². The lowest BCUT2D eigenvalue weighted by molar-refractivity contribution is 0.250. The molecule has 2 aromatic heterocycles. The molecule has 3 rings (SSSR count). The number of nitrogen functional groups attached to an aromatic ring is 1. The first-order chi connectivity index (χ1) is 9.20. The fraction of sp³-hybridized carbons (Fsp3) is 0.417. The Bertz CT molecular complexity index is 687. The van der Waals surface area contributed by atoms with Gasteiger partial charge in [0.25, 0.3) is 5.56 Å². The van der Waals surface area contributed by atoms with Gasteiger partial charge in [-0.25, -0.2) is 4.98 Å². The number of nitrogens with two attached hydrogens (primary N) is 1. The van der Waals surface area contributed by atoms with Crippen LogP contribution in [-0.4, -0.2) is 31.2 Å². The second-order valence-corrected chi connectivity index (χ2v) is 4.68. The summed E-state index contributed by atoms with van der Waals surface area (Å²) in [6, 6.07) is 0.130. The molecular formula is C12H15N5O2. The van der Waals surface area contributed by atoms with Crippen LogP contribution in [0.1, 0.15) is 18.9 Å². The van der Waals surface area contributed by atoms with Crippen LogP contribution in [0.25, 0.3) is 11.2 Å². The van der Waals surface area contributed by atoms with E-state index in [0.29, 0.717) is 17.6 Å². The van der Waals surface area contributed by atoms with E-state index < -0.39 is 0 Å². The minimum atomic E-state index is -0.328. The number of aliphatic hydroxyl groups excluding tert-OH is 1. The number of fused-ring (bicyclic) bond motifs is 1. The van der Waals surface area contributed by atoms with Gasteiger partial charge in [-0.05, 0) is 12.8 Å². The largest absolute Gasteiger partial charge is 0.396 e. The van der Waals surface area contributed by atoms with E-state index in [9.17, 15) is 4.79 Å². The van der Waals surface area contributed by atoms with Gasteiger partial charge in [-0.15, -0.1) is 0 Å². The van der Waals surface area contributed by atoms with Crippen molar-refractivity contribution in [2.45, 2.75) is 18.9 Å². The molecule has 2 heterocycles. The Balaban J connectivity index is 2.08. The number of allylic oxidation sites excluding steroid dienone is 2. The Kier molecular flexibility index (Phi) is 2.83. The van der Waals surface area contributed by atoms with E-state index in [1.807, 2.05) is 4.57 Å². The number of anilines is 1. The molecule has 0 amide bonds. The lowest BCUT2D eigenvalue weighted by atomic mass is 10.00. The number of aliphatic hydroxyl groups is 1. The van der Waals surface area contributed by atoms with E-state index in [1.165, 1.54) is 0 Å². The molecule has 7 nitrogen and oxygen atoms in total. The zero-order valence-electron chi connectivity index (χ0n) is 10.3. The molecule has 2 atom stereocenters. The second kappa shape index (κ2) is 4.51. The first-order valence-electron chi connectivity index (χ1n) is 6.20. The summed E-state index contributed by atoms with van der Waals surface area (Å²) in [5.74, 6) is 0.314. The smallest absolute Gasteiger partial charge is 0.280 e. The van der Waals surface area contributed by atoms with Crippen LogP contribution in [0.2, 0.25) is 0 Å². The third-order valence-corrected chi connectivity index (χ3v) is 3.53. The lowest BCUT2D eigenvalue weighted by Crippen LogP contribution is -2.17. The van der Waals surface area contributed by atoms with Gasteiger partial charge in [0, 0.05) is 18.6 Å². The van der Waals surface area contributed by atoms with Crippen LogP contribution in [0.15, 0.2) is 23.3 Å². The van der Waals surface area contributed by atoms with Crippen molar-refractivity contribution in [2.24, 2.45) is 5.92 Å². The maximum atomic E-state index is 11.7. The molecule has 19 heavy (non-hydrogen) atoms. The molecule has 1 aliphatic carbocycles. The van der Waals surface area contributed by atoms with Crippen LogP contribution in [0.4, 0.5) is 5.95 Å². The molecule has 0 saturated heterocycles. The summed E-state index contributed by atoms with van der Waals surface area (Å²) in [6.07, 6.45) is 7.30. The monoisotopic (exact) mass is 261 g/mol. The van der Waals surface area contributed by atoms with E-state index in [-0.39, 0.29) is 30.1 Å². The molecule has 2 aromatic rings. The van der Waals surface area contributed by atoms with Crippen LogP contribution in [-0.2, 0) is 0 Å². The number of nitrogens with one attached hydrogen (secondary N) is 1. The molecule has 0 aromatic carbocycles. The third kappa shape index (κ3) is 1.91. The molecule has 100 valence electrons. The number of rotatable bonds is 3. The fourth-order valence-corrected chi connectivity index (χ4v) is 2.64. The topological polar surface area (TPSA) is 110 Å². The van der Waals surface area contributed by atoms with E-state index in [1.54, 1.807) is 6.33 Å². The number of nitrogens with zero attached hydrogens (tertiary/aromatic N) is 3. The highest BCUT2D eigenvalue weighted by Gasteiger charge is 2.26. The normalized spacial score (nSPS) is 22.4. The molecule has 7 heteroatoms. The number of aromatic nitrogens is 4. The van der Waals surface area contributed by atoms with Gasteiger partial charge in [0.1, 0.15) is 0 Å². The molecule has 0 radical (unpaired) electrons. The van der Waals surface area contributed by atoms with Gasteiger partial charge in [-0.3, -0.25) is 9.78 Å². The number of hydrogen-bond acceptors (Lipinski definition) is 5. The Labute approximate surface area is 108 Å². The van der Waals surface area contributed by atoms with E-state index in [0.717, 1.165) is 6.42 Å². The molecule has 0 fully saturated rings. The van der Waals surface area contributed by atoms with Crippen molar-refractivity contribution < 1.29 is 5.11 Å². The minimum Gasteiger partial charge on any atom is -0.396 e. The van der Waals surface area contributed by atoms with Crippen molar-refractivity contribution in [1.82, 2.24) is 19.5 Å². The van der Waals surface area contributed by atoms with Crippen LogP contribution in [0.3, 0.4) is 0 Å². The highest BCUT2D eigenvalue weighted by atomic mass is 16.3. The summed E-state index contributed by atoms with van der Waals surface area (Å²) in [5, 5.41) is 9.09. The zero-order valence-corrected chi connectivity index (χ0v) is 10.3. The summed E-state index contributed by atoms with van der Waals surface area (Å²) >= 11 is 0. The maximum absolute atomic E-state index is 11.7. The van der Waals surface area contributed by atoms with E-state index in [4.69, 9.17) is 10.8 Å². The third-order valence-electron chi connectivity index (χ3n) is 3.53. The quantitative estimate of drug-likeness (QED) is 0.684. The highest BCUT2D eigenvalue weighted by molar-refractivity contribution is 5.70. The standard InChI is InChI=1S/C12H15N5O2/c13-12-15-10-9(11(19)16-12)14-6-17(10)8-3-1-2-7(8)4-5-18/h1-2,6-8,18H,3-5H2,(H3,13,15,16,19)/t7-,8-/m0/s1. The molecule has 0 bridgehead atoms. The van der Waals surface area contributed by atoms with Gasteiger partial charge in [-0.1, -0.05) is 12.2 Å². The van der Waals surface area contributed by atoms with Gasteiger partial charge in [0.15, 0.2) is 11.2 Å². The molecule has 0 unspecified atom stereocenters. The van der Waals surface area contributed by atoms with E-state index in [2.05, 4.69) is 27.1 Å². The Morgan fingerprint density at radius 1 is 1.58 bits per heavy atom. The number of aromatic amines is 1.